The highest BCUT2D eigenvalue weighted by molar-refractivity contribution is 6.29. The van der Waals surface area contributed by atoms with Gasteiger partial charge >= 0.3 is 6.09 Å². The molecular weight excluding hydrogens is 282 g/mol. The van der Waals surface area contributed by atoms with Crippen molar-refractivity contribution in [2.75, 3.05) is 13.2 Å². The third-order valence-corrected chi connectivity index (χ3v) is 2.25. The Hall–Kier alpha value is -1.56. The number of carbonyl (C=O) groups excluding carboxylic acids is 1. The fraction of sp³-hybridized carbons (Fsp3) is 0.615. The van der Waals surface area contributed by atoms with Crippen molar-refractivity contribution in [2.24, 2.45) is 0 Å². The van der Waals surface area contributed by atoms with E-state index in [-0.39, 0.29) is 6.61 Å². The number of amides is 1. The van der Waals surface area contributed by atoms with E-state index in [9.17, 15) is 4.79 Å². The molecule has 1 aromatic rings. The van der Waals surface area contributed by atoms with Crippen molar-refractivity contribution in [2.45, 2.75) is 39.7 Å². The van der Waals surface area contributed by atoms with Gasteiger partial charge in [0.2, 0.25) is 5.88 Å². The van der Waals surface area contributed by atoms with Crippen molar-refractivity contribution in [3.63, 3.8) is 0 Å². The zero-order valence-electron chi connectivity index (χ0n) is 12.2. The number of carbonyl (C=O) groups is 1. The number of ether oxygens (including phenoxy) is 2. The van der Waals surface area contributed by atoms with Crippen molar-refractivity contribution in [1.82, 2.24) is 15.3 Å². The van der Waals surface area contributed by atoms with Gasteiger partial charge in [0.1, 0.15) is 23.2 Å². The summed E-state index contributed by atoms with van der Waals surface area (Å²) in [5, 5.41) is 2.93. The molecule has 0 aromatic carbocycles. The smallest absolute Gasteiger partial charge is 0.407 e. The number of halogens is 1. The highest BCUT2D eigenvalue weighted by Gasteiger charge is 2.15. The van der Waals surface area contributed by atoms with E-state index in [4.69, 9.17) is 21.1 Å². The minimum atomic E-state index is -0.513. The zero-order chi connectivity index (χ0) is 15.2. The summed E-state index contributed by atoms with van der Waals surface area (Å²) in [6.45, 7) is 7.93. The van der Waals surface area contributed by atoms with Crippen LogP contribution in [0.2, 0.25) is 5.15 Å². The van der Waals surface area contributed by atoms with E-state index in [1.807, 2.05) is 6.92 Å². The lowest BCUT2D eigenvalue weighted by Crippen LogP contribution is -2.34. The summed E-state index contributed by atoms with van der Waals surface area (Å²) in [5.74, 6) is 1.01. The summed E-state index contributed by atoms with van der Waals surface area (Å²) in [5.41, 5.74) is -0.513. The van der Waals surface area contributed by atoms with E-state index in [0.717, 1.165) is 0 Å². The molecule has 7 heteroatoms. The number of aromatic nitrogens is 2. The molecule has 0 radical (unpaired) electrons. The van der Waals surface area contributed by atoms with Gasteiger partial charge in [-0.25, -0.2) is 9.78 Å². The molecule has 0 fully saturated rings. The maximum Gasteiger partial charge on any atom is 0.407 e. The minimum absolute atomic E-state index is 0.274. The van der Waals surface area contributed by atoms with Crippen LogP contribution in [0.5, 0.6) is 5.88 Å². The SMILES string of the molecule is CCc1nc(Cl)cc(OCCNC(=O)OC(C)(C)C)n1. The number of hydrogen-bond donors (Lipinski definition) is 1. The molecule has 0 aliphatic rings. The first-order valence-electron chi connectivity index (χ1n) is 6.43. The van der Waals surface area contributed by atoms with Crippen LogP contribution >= 0.6 is 11.6 Å². The zero-order valence-corrected chi connectivity index (χ0v) is 13.0. The van der Waals surface area contributed by atoms with Gasteiger partial charge in [0.15, 0.2) is 0 Å². The van der Waals surface area contributed by atoms with E-state index in [1.165, 1.54) is 6.07 Å². The van der Waals surface area contributed by atoms with Gasteiger partial charge in [0.25, 0.3) is 0 Å². The summed E-state index contributed by atoms with van der Waals surface area (Å²) in [6.07, 6.45) is 0.198. The Labute approximate surface area is 123 Å². The molecule has 1 N–H and O–H groups in total. The molecule has 0 saturated carbocycles. The largest absolute Gasteiger partial charge is 0.476 e. The van der Waals surface area contributed by atoms with Gasteiger partial charge in [-0.3, -0.25) is 0 Å². The van der Waals surface area contributed by atoms with Crippen LogP contribution < -0.4 is 10.1 Å². The van der Waals surface area contributed by atoms with E-state index in [1.54, 1.807) is 20.8 Å². The fourth-order valence-corrected chi connectivity index (χ4v) is 1.49. The summed E-state index contributed by atoms with van der Waals surface area (Å²) in [7, 11) is 0. The van der Waals surface area contributed by atoms with E-state index in [2.05, 4.69) is 15.3 Å². The van der Waals surface area contributed by atoms with Crippen LogP contribution in [0.25, 0.3) is 0 Å². The number of nitrogens with one attached hydrogen (secondary N) is 1. The molecule has 0 unspecified atom stereocenters. The highest BCUT2D eigenvalue weighted by atomic mass is 35.5. The standard InChI is InChI=1S/C13H20ClN3O3/c1-5-10-16-9(14)8-11(17-10)19-7-6-15-12(18)20-13(2,3)4/h8H,5-7H2,1-4H3,(H,15,18). The average Bonchev–Trinajstić information content (AvgIpc) is 2.32. The molecule has 0 aliphatic heterocycles. The lowest BCUT2D eigenvalue weighted by molar-refractivity contribution is 0.0520. The molecular formula is C13H20ClN3O3. The molecule has 6 nitrogen and oxygen atoms in total. The summed E-state index contributed by atoms with van der Waals surface area (Å²) >= 11 is 5.84. The van der Waals surface area contributed by atoms with E-state index >= 15 is 0 Å². The predicted octanol–water partition coefficient (Wildman–Crippen LogP) is 2.60. The van der Waals surface area contributed by atoms with Crippen LogP contribution in [0, 0.1) is 0 Å². The van der Waals surface area contributed by atoms with Gasteiger partial charge in [-0.2, -0.15) is 4.98 Å². The summed E-state index contributed by atoms with van der Waals surface area (Å²) < 4.78 is 10.5. The highest BCUT2D eigenvalue weighted by Crippen LogP contribution is 2.13. The molecule has 0 saturated heterocycles. The summed E-state index contributed by atoms with van der Waals surface area (Å²) in [6, 6.07) is 1.54. The lowest BCUT2D eigenvalue weighted by atomic mass is 10.2. The molecule has 1 heterocycles. The Bertz CT molecular complexity index is 461. The second-order valence-corrected chi connectivity index (χ2v) is 5.46. The first-order valence-corrected chi connectivity index (χ1v) is 6.81. The van der Waals surface area contributed by atoms with Gasteiger partial charge in [0.05, 0.1) is 6.54 Å². The van der Waals surface area contributed by atoms with Crippen LogP contribution in [0.4, 0.5) is 4.79 Å². The Morgan fingerprint density at radius 2 is 2.10 bits per heavy atom. The molecule has 112 valence electrons. The summed E-state index contributed by atoms with van der Waals surface area (Å²) in [4.78, 5) is 19.6. The molecule has 0 bridgehead atoms. The van der Waals surface area contributed by atoms with Crippen LogP contribution in [0.15, 0.2) is 6.07 Å². The lowest BCUT2D eigenvalue weighted by Gasteiger charge is -2.19. The van der Waals surface area contributed by atoms with Crippen LogP contribution in [0.3, 0.4) is 0 Å². The first-order chi connectivity index (χ1) is 9.30. The molecule has 1 amide bonds. The Morgan fingerprint density at radius 3 is 2.70 bits per heavy atom. The minimum Gasteiger partial charge on any atom is -0.476 e. The maximum absolute atomic E-state index is 11.4. The first kappa shape index (κ1) is 16.5. The molecule has 0 aliphatic carbocycles. The van der Waals surface area contributed by atoms with Gasteiger partial charge in [0, 0.05) is 12.5 Å². The van der Waals surface area contributed by atoms with E-state index < -0.39 is 11.7 Å². The maximum atomic E-state index is 11.4. The van der Waals surface area contributed by atoms with Crippen molar-refractivity contribution in [3.8, 4) is 5.88 Å². The molecule has 1 rings (SSSR count). The molecule has 0 spiro atoms. The quantitative estimate of drug-likeness (QED) is 0.668. The Balaban J connectivity index is 2.34. The predicted molar refractivity (Wildman–Crippen MR) is 76.2 cm³/mol. The molecule has 0 atom stereocenters. The van der Waals surface area contributed by atoms with Gasteiger partial charge in [-0.15, -0.1) is 0 Å². The van der Waals surface area contributed by atoms with Crippen molar-refractivity contribution >= 4 is 17.7 Å². The normalized spacial score (nSPS) is 11.1. The van der Waals surface area contributed by atoms with E-state index in [0.29, 0.717) is 29.8 Å². The number of rotatable bonds is 5. The van der Waals surface area contributed by atoms with Crippen LogP contribution in [0.1, 0.15) is 33.5 Å². The second-order valence-electron chi connectivity index (χ2n) is 5.08. The van der Waals surface area contributed by atoms with Gasteiger partial charge < -0.3 is 14.8 Å². The molecule has 1 aromatic heterocycles. The number of hydrogen-bond acceptors (Lipinski definition) is 5. The number of alkyl carbamates (subject to hydrolysis) is 1. The number of aryl methyl sites for hydroxylation is 1. The third kappa shape index (κ3) is 6.56. The van der Waals surface area contributed by atoms with Crippen molar-refractivity contribution < 1.29 is 14.3 Å². The van der Waals surface area contributed by atoms with Crippen molar-refractivity contribution in [3.05, 3.63) is 17.0 Å². The monoisotopic (exact) mass is 301 g/mol. The van der Waals surface area contributed by atoms with Gasteiger partial charge in [-0.05, 0) is 20.8 Å². The fourth-order valence-electron chi connectivity index (χ4n) is 1.30. The van der Waals surface area contributed by atoms with Crippen LogP contribution in [-0.2, 0) is 11.2 Å². The third-order valence-electron chi connectivity index (χ3n) is 2.05. The number of nitrogens with zero attached hydrogens (tertiary/aromatic N) is 2. The average molecular weight is 302 g/mol. The molecule has 20 heavy (non-hydrogen) atoms. The van der Waals surface area contributed by atoms with Gasteiger partial charge in [-0.1, -0.05) is 18.5 Å². The van der Waals surface area contributed by atoms with Crippen molar-refractivity contribution in [1.29, 1.82) is 0 Å². The van der Waals surface area contributed by atoms with Crippen LogP contribution in [-0.4, -0.2) is 34.8 Å². The Kier molecular flexibility index (Phi) is 6.01. The second kappa shape index (κ2) is 7.28. The topological polar surface area (TPSA) is 73.3 Å². The Morgan fingerprint density at radius 1 is 1.40 bits per heavy atom.